The molecule has 0 aliphatic heterocycles. The van der Waals surface area contributed by atoms with Crippen LogP contribution in [0.1, 0.15) is 49.7 Å². The Morgan fingerprint density at radius 3 is 2.50 bits per heavy atom. The Kier molecular flexibility index (Phi) is 4.55. The zero-order valence-corrected chi connectivity index (χ0v) is 16.4. The first-order valence-corrected chi connectivity index (χ1v) is 10.2. The van der Waals surface area contributed by atoms with E-state index in [2.05, 4.69) is 45.5 Å². The van der Waals surface area contributed by atoms with Crippen molar-refractivity contribution in [2.75, 3.05) is 5.32 Å². The predicted molar refractivity (Wildman–Crippen MR) is 108 cm³/mol. The highest BCUT2D eigenvalue weighted by Gasteiger charge is 2.49. The van der Waals surface area contributed by atoms with Crippen molar-refractivity contribution in [2.45, 2.75) is 55.9 Å². The number of nitrogens with one attached hydrogen (secondary N) is 1. The van der Waals surface area contributed by atoms with Crippen LogP contribution in [-0.4, -0.2) is 16.6 Å². The standard InChI is InChI=1S/C22H24BrNO2/c23-17-7-3-8-18(15-17)24-22(20(25)26)13-11-21(12-14-22)10-4-6-16-5-1-2-9-19(16)21/h1-3,5,7-9,15,24H,4,6,10-14H2,(H,25,26). The maximum absolute atomic E-state index is 12.2. The summed E-state index contributed by atoms with van der Waals surface area (Å²) in [5.74, 6) is -0.739. The summed E-state index contributed by atoms with van der Waals surface area (Å²) >= 11 is 3.47. The number of rotatable bonds is 3. The van der Waals surface area contributed by atoms with Gasteiger partial charge in [0.25, 0.3) is 0 Å². The summed E-state index contributed by atoms with van der Waals surface area (Å²) in [4.78, 5) is 12.2. The van der Waals surface area contributed by atoms with Crippen molar-refractivity contribution in [2.24, 2.45) is 0 Å². The molecule has 2 aliphatic carbocycles. The third kappa shape index (κ3) is 3.05. The van der Waals surface area contributed by atoms with Gasteiger partial charge in [-0.15, -0.1) is 0 Å². The monoisotopic (exact) mass is 413 g/mol. The molecule has 26 heavy (non-hydrogen) atoms. The topological polar surface area (TPSA) is 49.3 Å². The van der Waals surface area contributed by atoms with Crippen molar-refractivity contribution in [1.29, 1.82) is 0 Å². The first kappa shape index (κ1) is 17.6. The second kappa shape index (κ2) is 6.73. The van der Waals surface area contributed by atoms with Crippen molar-refractivity contribution >= 4 is 27.6 Å². The fourth-order valence-corrected chi connectivity index (χ4v) is 5.32. The molecular weight excluding hydrogens is 390 g/mol. The average molecular weight is 414 g/mol. The average Bonchev–Trinajstić information content (AvgIpc) is 2.64. The number of anilines is 1. The number of hydrogen-bond acceptors (Lipinski definition) is 2. The van der Waals surface area contributed by atoms with Crippen LogP contribution in [-0.2, 0) is 16.6 Å². The molecule has 0 unspecified atom stereocenters. The summed E-state index contributed by atoms with van der Waals surface area (Å²) in [5, 5.41) is 13.4. The van der Waals surface area contributed by atoms with Crippen molar-refractivity contribution in [1.82, 2.24) is 0 Å². The lowest BCUT2D eigenvalue weighted by atomic mass is 9.59. The van der Waals surface area contributed by atoms with Gasteiger partial charge in [0.05, 0.1) is 0 Å². The number of carboxylic acid groups (broad SMARTS) is 1. The van der Waals surface area contributed by atoms with Crippen LogP contribution in [0.4, 0.5) is 5.69 Å². The molecule has 1 fully saturated rings. The Balaban J connectivity index is 1.60. The number of aryl methyl sites for hydroxylation is 1. The van der Waals surface area contributed by atoms with Gasteiger partial charge in [0, 0.05) is 10.2 Å². The van der Waals surface area contributed by atoms with E-state index in [0.717, 1.165) is 29.4 Å². The summed E-state index contributed by atoms with van der Waals surface area (Å²) in [6, 6.07) is 16.5. The fraction of sp³-hybridized carbons (Fsp3) is 0.409. The van der Waals surface area contributed by atoms with Crippen LogP contribution in [0.3, 0.4) is 0 Å². The summed E-state index contributed by atoms with van der Waals surface area (Å²) in [7, 11) is 0. The molecule has 0 heterocycles. The predicted octanol–water partition coefficient (Wildman–Crippen LogP) is 5.53. The second-order valence-electron chi connectivity index (χ2n) is 7.81. The molecule has 1 saturated carbocycles. The molecule has 2 aromatic rings. The van der Waals surface area contributed by atoms with E-state index in [0.29, 0.717) is 12.8 Å². The van der Waals surface area contributed by atoms with Gasteiger partial charge in [-0.2, -0.15) is 0 Å². The van der Waals surface area contributed by atoms with Gasteiger partial charge in [-0.3, -0.25) is 0 Å². The van der Waals surface area contributed by atoms with Crippen molar-refractivity contribution in [3.8, 4) is 0 Å². The molecule has 2 aliphatic rings. The molecule has 2 N–H and O–H groups in total. The number of halogens is 1. The molecule has 0 aromatic heterocycles. The summed E-state index contributed by atoms with van der Waals surface area (Å²) in [5.41, 5.74) is 3.07. The number of aliphatic carboxylic acids is 1. The summed E-state index contributed by atoms with van der Waals surface area (Å²) in [6.45, 7) is 0. The van der Waals surface area contributed by atoms with E-state index in [-0.39, 0.29) is 5.41 Å². The minimum absolute atomic E-state index is 0.159. The van der Waals surface area contributed by atoms with E-state index in [4.69, 9.17) is 0 Å². The van der Waals surface area contributed by atoms with Gasteiger partial charge in [0.1, 0.15) is 5.54 Å². The van der Waals surface area contributed by atoms with Crippen molar-refractivity contribution < 1.29 is 9.90 Å². The van der Waals surface area contributed by atoms with Crippen LogP contribution in [0.2, 0.25) is 0 Å². The van der Waals surface area contributed by atoms with Crippen LogP contribution >= 0.6 is 15.9 Å². The van der Waals surface area contributed by atoms with Gasteiger partial charge in [0.2, 0.25) is 0 Å². The molecular formula is C22H24BrNO2. The molecule has 4 heteroatoms. The minimum atomic E-state index is -0.877. The maximum atomic E-state index is 12.2. The normalized spacial score (nSPS) is 27.7. The smallest absolute Gasteiger partial charge is 0.329 e. The van der Waals surface area contributed by atoms with Gasteiger partial charge in [-0.05, 0) is 79.7 Å². The van der Waals surface area contributed by atoms with Gasteiger partial charge in [-0.25, -0.2) is 4.79 Å². The Bertz CT molecular complexity index is 824. The van der Waals surface area contributed by atoms with E-state index in [1.165, 1.54) is 24.0 Å². The Morgan fingerprint density at radius 1 is 1.00 bits per heavy atom. The highest BCUT2D eigenvalue weighted by atomic mass is 79.9. The van der Waals surface area contributed by atoms with Crippen LogP contribution in [0.15, 0.2) is 53.0 Å². The van der Waals surface area contributed by atoms with Crippen LogP contribution in [0, 0.1) is 0 Å². The molecule has 0 saturated heterocycles. The van der Waals surface area contributed by atoms with Crippen LogP contribution in [0.25, 0.3) is 0 Å². The highest BCUT2D eigenvalue weighted by molar-refractivity contribution is 9.10. The van der Waals surface area contributed by atoms with E-state index in [1.807, 2.05) is 24.3 Å². The number of carbonyl (C=O) groups is 1. The molecule has 136 valence electrons. The Morgan fingerprint density at radius 2 is 1.77 bits per heavy atom. The highest BCUT2D eigenvalue weighted by Crippen LogP contribution is 2.50. The maximum Gasteiger partial charge on any atom is 0.329 e. The molecule has 0 radical (unpaired) electrons. The quantitative estimate of drug-likeness (QED) is 0.694. The van der Waals surface area contributed by atoms with Crippen molar-refractivity contribution in [3.63, 3.8) is 0 Å². The van der Waals surface area contributed by atoms with Crippen LogP contribution in [0.5, 0.6) is 0 Å². The third-order valence-electron chi connectivity index (χ3n) is 6.37. The second-order valence-corrected chi connectivity index (χ2v) is 8.73. The zero-order valence-electron chi connectivity index (χ0n) is 14.8. The van der Waals surface area contributed by atoms with Crippen LogP contribution < -0.4 is 5.32 Å². The van der Waals surface area contributed by atoms with Gasteiger partial charge >= 0.3 is 5.97 Å². The van der Waals surface area contributed by atoms with E-state index >= 15 is 0 Å². The molecule has 0 atom stereocenters. The van der Waals surface area contributed by atoms with Gasteiger partial charge in [-0.1, -0.05) is 46.3 Å². The summed E-state index contributed by atoms with van der Waals surface area (Å²) < 4.78 is 0.955. The summed E-state index contributed by atoms with van der Waals surface area (Å²) in [6.07, 6.45) is 6.70. The molecule has 4 rings (SSSR count). The van der Waals surface area contributed by atoms with Crippen molar-refractivity contribution in [3.05, 3.63) is 64.1 Å². The van der Waals surface area contributed by atoms with Gasteiger partial charge < -0.3 is 10.4 Å². The van der Waals surface area contributed by atoms with E-state index in [1.54, 1.807) is 0 Å². The third-order valence-corrected chi connectivity index (χ3v) is 6.86. The Hall–Kier alpha value is -1.81. The first-order chi connectivity index (χ1) is 12.5. The SMILES string of the molecule is O=C(O)C1(Nc2cccc(Br)c2)CCC2(CCCc3ccccc32)CC1. The molecule has 0 amide bonds. The van der Waals surface area contributed by atoms with E-state index in [9.17, 15) is 9.90 Å². The van der Waals surface area contributed by atoms with E-state index < -0.39 is 11.5 Å². The molecule has 0 bridgehead atoms. The number of benzene rings is 2. The minimum Gasteiger partial charge on any atom is -0.480 e. The molecule has 2 aromatic carbocycles. The number of hydrogen-bond donors (Lipinski definition) is 2. The number of fused-ring (bicyclic) bond motifs is 2. The molecule has 1 spiro atoms. The lowest BCUT2D eigenvalue weighted by Gasteiger charge is -2.48. The largest absolute Gasteiger partial charge is 0.480 e. The fourth-order valence-electron chi connectivity index (χ4n) is 4.92. The van der Waals surface area contributed by atoms with Gasteiger partial charge in [0.15, 0.2) is 0 Å². The Labute approximate surface area is 162 Å². The number of carboxylic acids is 1. The lowest BCUT2D eigenvalue weighted by molar-refractivity contribution is -0.144. The first-order valence-electron chi connectivity index (χ1n) is 9.39. The molecule has 3 nitrogen and oxygen atoms in total. The lowest BCUT2D eigenvalue weighted by Crippen LogP contribution is -2.52. The zero-order chi connectivity index (χ0) is 18.2.